The van der Waals surface area contributed by atoms with Crippen LogP contribution in [0.5, 0.6) is 0 Å². The molecule has 14 aromatic rings. The first-order valence-corrected chi connectivity index (χ1v) is 31.5. The Kier molecular flexibility index (Phi) is 10.7. The van der Waals surface area contributed by atoms with Crippen LogP contribution in [-0.2, 0) is 11.8 Å². The molecule has 0 aliphatic carbocycles. The average Bonchev–Trinajstić information content (AvgIpc) is 3.86. The van der Waals surface area contributed by atoms with Gasteiger partial charge in [-0.05, 0) is 49.8 Å². The van der Waals surface area contributed by atoms with Gasteiger partial charge in [0.15, 0.2) is 0 Å². The minimum absolute atomic E-state index is 0.962. The Morgan fingerprint density at radius 2 is 0.877 bits per heavy atom. The normalized spacial score (nSPS) is 12.2. The molecule has 0 aliphatic heterocycles. The van der Waals surface area contributed by atoms with Crippen molar-refractivity contribution in [3.8, 4) is 22.3 Å². The maximum absolute atomic E-state index is 6.74. The van der Waals surface area contributed by atoms with Crippen molar-refractivity contribution < 1.29 is 0 Å². The molecule has 0 radical (unpaired) electrons. The van der Waals surface area contributed by atoms with Gasteiger partial charge >= 0.3 is 257 Å². The van der Waals surface area contributed by atoms with Crippen LogP contribution in [0.15, 0.2) is 267 Å². The molecule has 0 aliphatic rings. The molecule has 6 heteroatoms. The van der Waals surface area contributed by atoms with Crippen molar-refractivity contribution in [3.63, 3.8) is 0 Å². The van der Waals surface area contributed by atoms with Crippen LogP contribution in [0.1, 0.15) is 0 Å². The third-order valence-electron chi connectivity index (χ3n) is 14.9. The van der Waals surface area contributed by atoms with E-state index in [0.29, 0.717) is 0 Å². The summed E-state index contributed by atoms with van der Waals surface area (Å²) in [5.74, 6) is 0. The number of rotatable bonds is 8. The van der Waals surface area contributed by atoms with E-state index in [4.69, 9.17) is 16.8 Å². The Morgan fingerprint density at radius 1 is 0.356 bits per heavy atom. The zero-order valence-corrected chi connectivity index (χ0v) is 43.8. The van der Waals surface area contributed by atoms with E-state index in [1.54, 1.807) is 0 Å². The van der Waals surface area contributed by atoms with Gasteiger partial charge in [0.2, 0.25) is 0 Å². The summed E-state index contributed by atoms with van der Waals surface area (Å²) in [6.45, 7) is 0. The summed E-state index contributed by atoms with van der Waals surface area (Å²) in [6.07, 6.45) is 0. The molecule has 0 atom stereocenters. The molecule has 0 spiro atoms. The molecule has 12 aromatic carbocycles. The molecule has 0 unspecified atom stereocenters. The number of aromatic nitrogens is 2. The van der Waals surface area contributed by atoms with E-state index in [1.165, 1.54) is 85.9 Å². The van der Waals surface area contributed by atoms with Crippen molar-refractivity contribution in [1.82, 2.24) is 9.38 Å². The molecule has 2 heterocycles. The molecular weight excluding hydrogens is 1010 g/mol. The van der Waals surface area contributed by atoms with E-state index in [0.717, 1.165) is 38.9 Å². The smallest absolute Gasteiger partial charge is 0.0177 e. The Labute approximate surface area is 436 Å². The summed E-state index contributed by atoms with van der Waals surface area (Å²) in [7, 11) is 0. The van der Waals surface area contributed by atoms with Gasteiger partial charge in [0.1, 0.15) is 0 Å². The third-order valence-corrected chi connectivity index (χ3v) is 26.9. The fourth-order valence-electron chi connectivity index (χ4n) is 11.4. The van der Waals surface area contributed by atoms with Crippen molar-refractivity contribution in [3.05, 3.63) is 267 Å². The molecule has 0 saturated heterocycles. The quantitative estimate of drug-likeness (QED) is 0.0857. The van der Waals surface area contributed by atoms with Crippen LogP contribution in [-0.4, -0.2) is 24.5 Å². The fraction of sp³-hybridized carbons (Fsp3) is 0. The second kappa shape index (κ2) is 17.6. The predicted octanol–water partition coefficient (Wildman–Crippen LogP) is 14.7. The number of imidazole rings is 1. The summed E-state index contributed by atoms with van der Waals surface area (Å²) in [5, 5.41) is 18.4. The number of hydrogen-bond donors (Lipinski definition) is 0. The molecule has 73 heavy (non-hydrogen) atoms. The molecule has 0 amide bonds. The van der Waals surface area contributed by atoms with Gasteiger partial charge in [0, 0.05) is 6.04 Å². The molecule has 0 saturated carbocycles. The Bertz CT molecular complexity index is 4530. The summed E-state index contributed by atoms with van der Waals surface area (Å²) in [6, 6.07) is 95.6. The molecule has 344 valence electrons. The molecule has 0 bridgehead atoms. The Morgan fingerprint density at radius 3 is 1.58 bits per heavy atom. The van der Waals surface area contributed by atoms with Gasteiger partial charge in [0.25, 0.3) is 0 Å². The van der Waals surface area contributed by atoms with Crippen molar-refractivity contribution in [2.75, 3.05) is 0 Å². The number of hydrogen-bond acceptors (Lipinski definition) is 2. The van der Waals surface area contributed by atoms with E-state index in [9.17, 15) is 0 Å². The van der Waals surface area contributed by atoms with Crippen LogP contribution >= 0.6 is 11.5 Å². The minimum Gasteiger partial charge on any atom is -0.0537 e. The maximum Gasteiger partial charge on any atom is -0.0177 e. The first kappa shape index (κ1) is 44.2. The van der Waals surface area contributed by atoms with Crippen LogP contribution < -0.4 is 31.8 Å². The summed E-state index contributed by atoms with van der Waals surface area (Å²) in [5.41, 5.74) is 6.65. The standard InChI is InChI=1S/C67H44N2P2SSe/c72-70(51-18-5-1-6-19-51,52-20-7-2-8-21-52)55-35-31-47-41-46(29-30-48(47)42-55)49-34-39-62-64(43-49)69-63-44-50(33-36-59(63)61-37-32-45-17-13-14-26-57(45)66(61)67(69)68-62)56-38-40-65(60-28-16-15-27-58(56)60)71(73,53-22-9-3-10-23-53)54-24-11-4-12-25-54/h1-44H. The first-order valence-electron chi connectivity index (χ1n) is 24.6. The van der Waals surface area contributed by atoms with Gasteiger partial charge in [-0.2, -0.15) is 0 Å². The van der Waals surface area contributed by atoms with Crippen LogP contribution in [0.2, 0.25) is 0 Å². The Hall–Kier alpha value is -7.51. The summed E-state index contributed by atoms with van der Waals surface area (Å²) >= 11 is 10.6. The zero-order valence-electron chi connectivity index (χ0n) is 39.5. The second-order valence-electron chi connectivity index (χ2n) is 18.9. The zero-order chi connectivity index (χ0) is 48.7. The first-order chi connectivity index (χ1) is 35.9. The number of nitrogens with zero attached hydrogens (tertiary/aromatic N) is 2. The molecule has 0 N–H and O–H groups in total. The van der Waals surface area contributed by atoms with Gasteiger partial charge in [-0.25, -0.2) is 0 Å². The van der Waals surface area contributed by atoms with E-state index in [-0.39, 0.29) is 0 Å². The number of fused-ring (bicyclic) bond motifs is 12. The maximum atomic E-state index is 6.74. The van der Waals surface area contributed by atoms with Crippen LogP contribution in [0.3, 0.4) is 0 Å². The summed E-state index contributed by atoms with van der Waals surface area (Å²) < 4.78 is 2.43. The largest absolute Gasteiger partial charge is 0.0537 e. The molecule has 0 fully saturated rings. The number of pyridine rings is 1. The SMILES string of the molecule is S=P(c1ccccc1)(c1ccccc1)c1ccc2cc(-c3ccc4nc5c6c7ccccc7ccc6c6ccc(-c7ccc(P(=[Se])(c8ccccc8)c8ccccc8)c8ccccc78)cc6n5c4c3)ccc2c1. The van der Waals surface area contributed by atoms with Crippen LogP contribution in [0.25, 0.3) is 92.9 Å². The van der Waals surface area contributed by atoms with Crippen LogP contribution in [0, 0.1) is 0 Å². The monoisotopic (exact) mass is 1050 g/mol. The molecular formula is C67H44N2P2SSe. The van der Waals surface area contributed by atoms with E-state index >= 15 is 0 Å². The van der Waals surface area contributed by atoms with E-state index in [1.807, 2.05) is 0 Å². The average molecular weight is 1050 g/mol. The summed E-state index contributed by atoms with van der Waals surface area (Å²) in [4.78, 5) is 5.52. The predicted molar refractivity (Wildman–Crippen MR) is 322 cm³/mol. The molecule has 2 nitrogen and oxygen atoms in total. The van der Waals surface area contributed by atoms with Gasteiger partial charge in [-0.15, -0.1) is 0 Å². The van der Waals surface area contributed by atoms with E-state index in [2.05, 4.69) is 286 Å². The van der Waals surface area contributed by atoms with Gasteiger partial charge in [-0.3, -0.25) is 0 Å². The second-order valence-corrected chi connectivity index (χ2v) is 29.5. The molecule has 2 aromatic heterocycles. The van der Waals surface area contributed by atoms with Crippen molar-refractivity contribution in [2.45, 2.75) is 0 Å². The van der Waals surface area contributed by atoms with Gasteiger partial charge in [-0.1, -0.05) is 127 Å². The number of benzene rings is 12. The van der Waals surface area contributed by atoms with Crippen molar-refractivity contribution >= 4 is 141 Å². The van der Waals surface area contributed by atoms with Crippen LogP contribution in [0.4, 0.5) is 0 Å². The van der Waals surface area contributed by atoms with E-state index < -0.39 is 11.5 Å². The van der Waals surface area contributed by atoms with Gasteiger partial charge < -0.3 is 0 Å². The third kappa shape index (κ3) is 7.09. The minimum atomic E-state index is -2.29. The fourth-order valence-corrected chi connectivity index (χ4v) is 20.5. The van der Waals surface area contributed by atoms with Crippen molar-refractivity contribution in [1.29, 1.82) is 0 Å². The molecule has 14 rings (SSSR count). The Balaban J connectivity index is 0.954. The van der Waals surface area contributed by atoms with Crippen molar-refractivity contribution in [2.24, 2.45) is 0 Å². The topological polar surface area (TPSA) is 17.3 Å². The van der Waals surface area contributed by atoms with Gasteiger partial charge in [0.05, 0.1) is 0 Å².